The van der Waals surface area contributed by atoms with Crippen LogP contribution in [0.4, 0.5) is 10.8 Å². The standard InChI is InChI=1S/C23H26N4O6S/c1-23(2,3)33-22(29)27-13-9-14(27)11-26(10-13)21-25-18-16(31-12-17(28)30-4)6-5-15(19(18)32-21)20-24-7-8-34-20/h5-8,13-14H,9-12H2,1-4H3. The first-order valence-corrected chi connectivity index (χ1v) is 11.9. The van der Waals surface area contributed by atoms with Gasteiger partial charge in [0.2, 0.25) is 0 Å². The minimum absolute atomic E-state index is 0.0390. The lowest BCUT2D eigenvalue weighted by Gasteiger charge is -2.55. The van der Waals surface area contributed by atoms with Gasteiger partial charge in [-0.1, -0.05) is 0 Å². The number of carbonyl (C=O) groups is 2. The van der Waals surface area contributed by atoms with Crippen LogP contribution in [0.5, 0.6) is 5.75 Å². The Morgan fingerprint density at radius 2 is 2.00 bits per heavy atom. The van der Waals surface area contributed by atoms with Crippen LogP contribution in [0.25, 0.3) is 21.7 Å². The number of carbonyl (C=O) groups excluding carboxylic acids is 2. The second-order valence-corrected chi connectivity index (χ2v) is 10.2. The summed E-state index contributed by atoms with van der Waals surface area (Å²) in [7, 11) is 1.31. The normalized spacial score (nSPS) is 19.6. The Morgan fingerprint density at radius 3 is 2.65 bits per heavy atom. The zero-order valence-electron chi connectivity index (χ0n) is 19.4. The number of esters is 1. The van der Waals surface area contributed by atoms with Crippen LogP contribution < -0.4 is 9.64 Å². The van der Waals surface area contributed by atoms with Crippen molar-refractivity contribution in [2.24, 2.45) is 0 Å². The number of rotatable bonds is 5. The molecule has 10 nitrogen and oxygen atoms in total. The first kappa shape index (κ1) is 22.5. The van der Waals surface area contributed by atoms with Crippen LogP contribution in [0.3, 0.4) is 0 Å². The quantitative estimate of drug-likeness (QED) is 0.499. The maximum Gasteiger partial charge on any atom is 0.410 e. The summed E-state index contributed by atoms with van der Waals surface area (Å²) >= 11 is 1.49. The molecule has 1 aromatic carbocycles. The van der Waals surface area contributed by atoms with Crippen molar-refractivity contribution in [1.82, 2.24) is 14.9 Å². The van der Waals surface area contributed by atoms with E-state index in [0.29, 0.717) is 36.0 Å². The number of oxazole rings is 1. The number of thiazole rings is 1. The number of hydrogen-bond donors (Lipinski definition) is 0. The topological polar surface area (TPSA) is 107 Å². The van der Waals surface area contributed by atoms with E-state index in [1.165, 1.54) is 18.4 Å². The number of aromatic nitrogens is 2. The highest BCUT2D eigenvalue weighted by atomic mass is 32.1. The Labute approximate surface area is 200 Å². The minimum Gasteiger partial charge on any atom is -0.479 e. The maximum absolute atomic E-state index is 12.6. The lowest BCUT2D eigenvalue weighted by atomic mass is 9.88. The second-order valence-electron chi connectivity index (χ2n) is 9.32. The molecule has 3 aromatic rings. The molecule has 2 bridgehead atoms. The van der Waals surface area contributed by atoms with Gasteiger partial charge < -0.3 is 23.5 Å². The van der Waals surface area contributed by atoms with Gasteiger partial charge in [-0.3, -0.25) is 4.90 Å². The smallest absolute Gasteiger partial charge is 0.410 e. The van der Waals surface area contributed by atoms with Crippen LogP contribution >= 0.6 is 11.3 Å². The number of fused-ring (bicyclic) bond motifs is 3. The summed E-state index contributed by atoms with van der Waals surface area (Å²) in [6, 6.07) is 4.13. The fourth-order valence-corrected chi connectivity index (χ4v) is 4.98. The predicted molar refractivity (Wildman–Crippen MR) is 125 cm³/mol. The summed E-state index contributed by atoms with van der Waals surface area (Å²) in [5, 5.41) is 2.69. The van der Waals surface area contributed by atoms with Crippen molar-refractivity contribution in [3.8, 4) is 16.3 Å². The molecule has 0 N–H and O–H groups in total. The van der Waals surface area contributed by atoms with Gasteiger partial charge >= 0.3 is 12.1 Å². The average molecular weight is 487 g/mol. The zero-order valence-corrected chi connectivity index (χ0v) is 20.3. The largest absolute Gasteiger partial charge is 0.479 e. The monoisotopic (exact) mass is 486 g/mol. The lowest BCUT2D eigenvalue weighted by molar-refractivity contribution is -0.142. The molecule has 1 amide bonds. The summed E-state index contributed by atoms with van der Waals surface area (Å²) in [6.45, 7) is 6.55. The van der Waals surface area contributed by atoms with Crippen molar-refractivity contribution in [3.63, 3.8) is 0 Å². The number of piperidine rings is 1. The number of nitrogens with zero attached hydrogens (tertiary/aromatic N) is 4. The van der Waals surface area contributed by atoms with Gasteiger partial charge in [0.15, 0.2) is 17.7 Å². The lowest BCUT2D eigenvalue weighted by Crippen LogP contribution is -2.70. The zero-order chi connectivity index (χ0) is 24.0. The third-order valence-electron chi connectivity index (χ3n) is 5.80. The van der Waals surface area contributed by atoms with Gasteiger partial charge in [0.25, 0.3) is 6.01 Å². The van der Waals surface area contributed by atoms with Crippen molar-refractivity contribution in [3.05, 3.63) is 23.7 Å². The molecule has 180 valence electrons. The molecule has 3 fully saturated rings. The van der Waals surface area contributed by atoms with Crippen molar-refractivity contribution in [2.45, 2.75) is 44.9 Å². The molecule has 2 unspecified atom stereocenters. The Kier molecular flexibility index (Phi) is 5.59. The van der Waals surface area contributed by atoms with E-state index in [1.54, 1.807) is 12.3 Å². The minimum atomic E-state index is -0.534. The van der Waals surface area contributed by atoms with Crippen molar-refractivity contribution in [1.29, 1.82) is 0 Å². The molecule has 34 heavy (non-hydrogen) atoms. The fourth-order valence-electron chi connectivity index (χ4n) is 4.32. The van der Waals surface area contributed by atoms with E-state index in [0.717, 1.165) is 17.0 Å². The van der Waals surface area contributed by atoms with Crippen LogP contribution in [0.15, 0.2) is 28.1 Å². The molecule has 0 spiro atoms. The number of ether oxygens (including phenoxy) is 3. The molecule has 0 radical (unpaired) electrons. The Balaban J connectivity index is 1.42. The van der Waals surface area contributed by atoms with Crippen LogP contribution in [0.1, 0.15) is 27.2 Å². The number of methoxy groups -OCH3 is 1. The highest BCUT2D eigenvalue weighted by Crippen LogP contribution is 2.40. The van der Waals surface area contributed by atoms with Crippen LogP contribution in [-0.4, -0.2) is 71.4 Å². The van der Waals surface area contributed by atoms with Crippen LogP contribution in [0, 0.1) is 0 Å². The Bertz CT molecular complexity index is 1210. The number of piperazine rings is 1. The molecule has 0 aliphatic carbocycles. The summed E-state index contributed by atoms with van der Waals surface area (Å²) in [5.41, 5.74) is 1.31. The molecule has 3 aliphatic rings. The molecule has 2 aromatic heterocycles. The van der Waals surface area contributed by atoms with E-state index in [2.05, 4.69) is 9.72 Å². The molecule has 2 atom stereocenters. The van der Waals surface area contributed by atoms with Crippen LogP contribution in [0.2, 0.25) is 0 Å². The number of benzene rings is 1. The molecular weight excluding hydrogens is 460 g/mol. The SMILES string of the molecule is COC(=O)COc1ccc(-c2nccs2)c2oc(N3CC4CC(C3)N4C(=O)OC(C)(C)C)nc12. The molecule has 3 aliphatic heterocycles. The van der Waals surface area contributed by atoms with Gasteiger partial charge in [-0.25, -0.2) is 14.6 Å². The first-order valence-electron chi connectivity index (χ1n) is 11.0. The molecular formula is C23H26N4O6S. The van der Waals surface area contributed by atoms with E-state index in [-0.39, 0.29) is 24.8 Å². The Morgan fingerprint density at radius 1 is 1.24 bits per heavy atom. The van der Waals surface area contributed by atoms with E-state index < -0.39 is 11.6 Å². The van der Waals surface area contributed by atoms with Crippen LogP contribution in [-0.2, 0) is 14.3 Å². The van der Waals surface area contributed by atoms with Gasteiger partial charge in [-0.05, 0) is 39.3 Å². The number of anilines is 1. The highest BCUT2D eigenvalue weighted by Gasteiger charge is 2.49. The summed E-state index contributed by atoms with van der Waals surface area (Å²) < 4.78 is 22.1. The summed E-state index contributed by atoms with van der Waals surface area (Å²) in [5.74, 6) is -0.0625. The van der Waals surface area contributed by atoms with Crippen molar-refractivity contribution < 1.29 is 28.2 Å². The molecule has 0 saturated carbocycles. The molecule has 6 rings (SSSR count). The van der Waals surface area contributed by atoms with Gasteiger partial charge in [-0.15, -0.1) is 11.3 Å². The van der Waals surface area contributed by atoms with Gasteiger partial charge in [0, 0.05) is 24.7 Å². The Hall–Kier alpha value is -3.34. The second kappa shape index (κ2) is 8.46. The van der Waals surface area contributed by atoms with Crippen molar-refractivity contribution >= 4 is 40.5 Å². The summed E-state index contributed by atoms with van der Waals surface area (Å²) in [6.07, 6.45) is 2.37. The van der Waals surface area contributed by atoms with Crippen molar-refractivity contribution in [2.75, 3.05) is 31.7 Å². The molecule has 11 heteroatoms. The third kappa shape index (κ3) is 4.15. The van der Waals surface area contributed by atoms with Gasteiger partial charge in [-0.2, -0.15) is 4.98 Å². The molecule has 5 heterocycles. The first-order chi connectivity index (χ1) is 16.2. The van der Waals surface area contributed by atoms with E-state index >= 15 is 0 Å². The summed E-state index contributed by atoms with van der Waals surface area (Å²) in [4.78, 5) is 37.2. The van der Waals surface area contributed by atoms with E-state index in [1.807, 2.05) is 42.0 Å². The number of hydrogen-bond acceptors (Lipinski definition) is 10. The predicted octanol–water partition coefficient (Wildman–Crippen LogP) is 3.70. The molecule has 3 saturated heterocycles. The van der Waals surface area contributed by atoms with E-state index in [9.17, 15) is 9.59 Å². The third-order valence-corrected chi connectivity index (χ3v) is 6.61. The van der Waals surface area contributed by atoms with Gasteiger partial charge in [0.1, 0.15) is 16.4 Å². The van der Waals surface area contributed by atoms with Gasteiger partial charge in [0.05, 0.1) is 24.8 Å². The number of amides is 1. The fraction of sp³-hybridized carbons (Fsp3) is 0.478. The highest BCUT2D eigenvalue weighted by molar-refractivity contribution is 7.13. The van der Waals surface area contributed by atoms with E-state index in [4.69, 9.17) is 18.9 Å². The average Bonchev–Trinajstić information content (AvgIpc) is 3.46. The maximum atomic E-state index is 12.6.